The first-order chi connectivity index (χ1) is 8.99. The molecule has 0 unspecified atom stereocenters. The van der Waals surface area contributed by atoms with Crippen LogP contribution in [0, 0.1) is 12.7 Å². The number of carbonyl (C=O) groups is 1. The van der Waals surface area contributed by atoms with Gasteiger partial charge in [-0.3, -0.25) is 4.79 Å². The van der Waals surface area contributed by atoms with E-state index in [1.54, 1.807) is 19.1 Å². The minimum absolute atomic E-state index is 0.0572. The van der Waals surface area contributed by atoms with Gasteiger partial charge in [-0.25, -0.2) is 4.39 Å². The largest absolute Gasteiger partial charge is 0.507 e. The standard InChI is InChI=1S/C14H11BrFNO2/c1-8-3-2-4-10(13(8)18)14(19)17-12-6-5-9(16)7-11(12)15/h2-7,18H,1H3,(H,17,19). The maximum Gasteiger partial charge on any atom is 0.259 e. The van der Waals surface area contributed by atoms with Gasteiger partial charge >= 0.3 is 0 Å². The molecule has 3 nitrogen and oxygen atoms in total. The molecule has 0 fully saturated rings. The second kappa shape index (κ2) is 5.40. The van der Waals surface area contributed by atoms with E-state index in [4.69, 9.17) is 0 Å². The molecule has 2 rings (SSSR count). The van der Waals surface area contributed by atoms with Crippen LogP contribution in [-0.2, 0) is 0 Å². The highest BCUT2D eigenvalue weighted by molar-refractivity contribution is 9.10. The molecular weight excluding hydrogens is 313 g/mol. The number of amides is 1. The first kappa shape index (κ1) is 13.5. The molecule has 0 atom stereocenters. The Hall–Kier alpha value is -1.88. The van der Waals surface area contributed by atoms with Gasteiger partial charge in [0, 0.05) is 4.47 Å². The van der Waals surface area contributed by atoms with Gasteiger partial charge in [-0.2, -0.15) is 0 Å². The molecule has 2 aromatic carbocycles. The highest BCUT2D eigenvalue weighted by Gasteiger charge is 2.13. The molecule has 1 amide bonds. The Balaban J connectivity index is 2.28. The summed E-state index contributed by atoms with van der Waals surface area (Å²) in [6.45, 7) is 1.71. The second-order valence-electron chi connectivity index (χ2n) is 4.05. The fraction of sp³-hybridized carbons (Fsp3) is 0.0714. The molecular formula is C14H11BrFNO2. The molecule has 0 saturated heterocycles. The van der Waals surface area contributed by atoms with E-state index in [-0.39, 0.29) is 11.3 Å². The summed E-state index contributed by atoms with van der Waals surface area (Å²) in [5, 5.41) is 12.4. The van der Waals surface area contributed by atoms with Crippen LogP contribution in [0.1, 0.15) is 15.9 Å². The van der Waals surface area contributed by atoms with Crippen molar-refractivity contribution in [3.05, 3.63) is 57.8 Å². The molecule has 2 N–H and O–H groups in total. The number of hydrogen-bond donors (Lipinski definition) is 2. The zero-order valence-electron chi connectivity index (χ0n) is 10.1. The first-order valence-corrected chi connectivity index (χ1v) is 6.33. The van der Waals surface area contributed by atoms with E-state index in [0.717, 1.165) is 0 Å². The fourth-order valence-corrected chi connectivity index (χ4v) is 2.07. The number of para-hydroxylation sites is 1. The van der Waals surface area contributed by atoms with Crippen molar-refractivity contribution in [3.8, 4) is 5.75 Å². The lowest BCUT2D eigenvalue weighted by Crippen LogP contribution is -2.12. The number of rotatable bonds is 2. The van der Waals surface area contributed by atoms with E-state index in [1.165, 1.54) is 24.3 Å². The Bertz CT molecular complexity index is 643. The Kier molecular flexibility index (Phi) is 3.85. The molecule has 0 aliphatic heterocycles. The monoisotopic (exact) mass is 323 g/mol. The van der Waals surface area contributed by atoms with Crippen molar-refractivity contribution in [1.82, 2.24) is 0 Å². The Morgan fingerprint density at radius 2 is 2.05 bits per heavy atom. The van der Waals surface area contributed by atoms with Crippen LogP contribution in [0.4, 0.5) is 10.1 Å². The number of hydrogen-bond acceptors (Lipinski definition) is 2. The van der Waals surface area contributed by atoms with Crippen LogP contribution >= 0.6 is 15.9 Å². The molecule has 0 aromatic heterocycles. The van der Waals surface area contributed by atoms with Crippen LogP contribution in [0.5, 0.6) is 5.75 Å². The van der Waals surface area contributed by atoms with E-state index in [0.29, 0.717) is 15.7 Å². The Morgan fingerprint density at radius 3 is 2.74 bits per heavy atom. The van der Waals surface area contributed by atoms with Gasteiger partial charge in [0.25, 0.3) is 5.91 Å². The second-order valence-corrected chi connectivity index (χ2v) is 4.90. The van der Waals surface area contributed by atoms with Crippen LogP contribution < -0.4 is 5.32 Å². The molecule has 0 bridgehead atoms. The smallest absolute Gasteiger partial charge is 0.259 e. The third-order valence-electron chi connectivity index (χ3n) is 2.66. The molecule has 0 spiro atoms. The molecule has 0 radical (unpaired) electrons. The summed E-state index contributed by atoms with van der Waals surface area (Å²) in [4.78, 5) is 12.0. The van der Waals surface area contributed by atoms with Gasteiger partial charge in [-0.15, -0.1) is 0 Å². The quantitative estimate of drug-likeness (QED) is 0.881. The number of halogens is 2. The van der Waals surface area contributed by atoms with Crippen molar-refractivity contribution in [3.63, 3.8) is 0 Å². The van der Waals surface area contributed by atoms with Gasteiger partial charge in [0.15, 0.2) is 0 Å². The van der Waals surface area contributed by atoms with Crippen molar-refractivity contribution in [2.24, 2.45) is 0 Å². The van der Waals surface area contributed by atoms with Crippen LogP contribution in [-0.4, -0.2) is 11.0 Å². The molecule has 98 valence electrons. The highest BCUT2D eigenvalue weighted by Crippen LogP contribution is 2.26. The molecule has 0 heterocycles. The zero-order chi connectivity index (χ0) is 14.0. The third-order valence-corrected chi connectivity index (χ3v) is 3.32. The summed E-state index contributed by atoms with van der Waals surface area (Å²) in [5.41, 5.74) is 1.23. The number of phenols is 1. The fourth-order valence-electron chi connectivity index (χ4n) is 1.62. The van der Waals surface area contributed by atoms with Crippen molar-refractivity contribution >= 4 is 27.5 Å². The minimum atomic E-state index is -0.450. The summed E-state index contributed by atoms with van der Waals surface area (Å²) in [5.74, 6) is -0.907. The molecule has 0 saturated carbocycles. The first-order valence-electron chi connectivity index (χ1n) is 5.54. The van der Waals surface area contributed by atoms with E-state index < -0.39 is 11.7 Å². The van der Waals surface area contributed by atoms with Crippen molar-refractivity contribution in [2.45, 2.75) is 6.92 Å². The molecule has 2 aromatic rings. The molecule has 0 aliphatic carbocycles. The average Bonchev–Trinajstić information content (AvgIpc) is 2.36. The van der Waals surface area contributed by atoms with E-state index in [2.05, 4.69) is 21.2 Å². The van der Waals surface area contributed by atoms with Crippen LogP contribution in [0.3, 0.4) is 0 Å². The normalized spacial score (nSPS) is 10.3. The predicted molar refractivity (Wildman–Crippen MR) is 74.9 cm³/mol. The predicted octanol–water partition coefficient (Wildman–Crippen LogP) is 3.85. The van der Waals surface area contributed by atoms with Crippen LogP contribution in [0.15, 0.2) is 40.9 Å². The van der Waals surface area contributed by atoms with Gasteiger partial charge in [0.2, 0.25) is 0 Å². The third kappa shape index (κ3) is 2.93. The summed E-state index contributed by atoms with van der Waals surface area (Å²) in [6, 6.07) is 8.87. The number of carbonyl (C=O) groups excluding carboxylic acids is 1. The maximum atomic E-state index is 12.9. The highest BCUT2D eigenvalue weighted by atomic mass is 79.9. The maximum absolute atomic E-state index is 12.9. The lowest BCUT2D eigenvalue weighted by atomic mass is 10.1. The number of phenolic OH excluding ortho intramolecular Hbond substituents is 1. The van der Waals surface area contributed by atoms with E-state index in [1.807, 2.05) is 0 Å². The van der Waals surface area contributed by atoms with Gasteiger partial charge in [-0.1, -0.05) is 12.1 Å². The average molecular weight is 324 g/mol. The molecule has 19 heavy (non-hydrogen) atoms. The van der Waals surface area contributed by atoms with Gasteiger partial charge in [-0.05, 0) is 52.7 Å². The summed E-state index contributed by atoms with van der Waals surface area (Å²) >= 11 is 3.16. The summed E-state index contributed by atoms with van der Waals surface area (Å²) < 4.78 is 13.4. The number of aromatic hydroxyl groups is 1. The van der Waals surface area contributed by atoms with E-state index >= 15 is 0 Å². The van der Waals surface area contributed by atoms with Gasteiger partial charge < -0.3 is 10.4 Å². The van der Waals surface area contributed by atoms with Crippen LogP contribution in [0.25, 0.3) is 0 Å². The number of nitrogens with one attached hydrogen (secondary N) is 1. The lowest BCUT2D eigenvalue weighted by molar-refractivity contribution is 0.102. The van der Waals surface area contributed by atoms with Crippen molar-refractivity contribution in [1.29, 1.82) is 0 Å². The van der Waals surface area contributed by atoms with Crippen molar-refractivity contribution in [2.75, 3.05) is 5.32 Å². The number of aryl methyl sites for hydroxylation is 1. The van der Waals surface area contributed by atoms with Crippen LogP contribution in [0.2, 0.25) is 0 Å². The Labute approximate surface area is 118 Å². The molecule has 0 aliphatic rings. The van der Waals surface area contributed by atoms with Gasteiger partial charge in [0.05, 0.1) is 11.3 Å². The Morgan fingerprint density at radius 1 is 1.32 bits per heavy atom. The zero-order valence-corrected chi connectivity index (χ0v) is 11.7. The van der Waals surface area contributed by atoms with E-state index in [9.17, 15) is 14.3 Å². The topological polar surface area (TPSA) is 49.3 Å². The SMILES string of the molecule is Cc1cccc(C(=O)Nc2ccc(F)cc2Br)c1O. The van der Waals surface area contributed by atoms with Crippen molar-refractivity contribution < 1.29 is 14.3 Å². The minimum Gasteiger partial charge on any atom is -0.507 e. The van der Waals surface area contributed by atoms with Gasteiger partial charge in [0.1, 0.15) is 11.6 Å². The summed E-state index contributed by atoms with van der Waals surface area (Å²) in [6.07, 6.45) is 0. The number of benzene rings is 2. The lowest BCUT2D eigenvalue weighted by Gasteiger charge is -2.09. The summed E-state index contributed by atoms with van der Waals surface area (Å²) in [7, 11) is 0. The molecule has 5 heteroatoms. The number of anilines is 1.